The van der Waals surface area contributed by atoms with Crippen LogP contribution in [0.2, 0.25) is 5.15 Å². The Labute approximate surface area is 122 Å². The summed E-state index contributed by atoms with van der Waals surface area (Å²) in [6.07, 6.45) is -7.41. The Hall–Kier alpha value is -1.86. The number of carbonyl (C=O) groups excluding carboxylic acids is 1. The van der Waals surface area contributed by atoms with Crippen molar-refractivity contribution in [2.45, 2.75) is 12.3 Å². The van der Waals surface area contributed by atoms with Gasteiger partial charge in [-0.05, 0) is 12.1 Å². The molecule has 2 aromatic rings. The summed E-state index contributed by atoms with van der Waals surface area (Å²) in [6.45, 7) is -0.934. The molecule has 0 saturated carbocycles. The number of halogens is 4. The van der Waals surface area contributed by atoms with E-state index in [1.54, 1.807) is 24.3 Å². The van der Waals surface area contributed by atoms with Gasteiger partial charge in [-0.15, -0.1) is 0 Å². The quantitative estimate of drug-likeness (QED) is 0.855. The first kappa shape index (κ1) is 15.5. The number of nitrogens with zero attached hydrogens (tertiary/aromatic N) is 1. The summed E-state index contributed by atoms with van der Waals surface area (Å²) in [6, 6.07) is 7.86. The Kier molecular flexibility index (Phi) is 4.34. The predicted molar refractivity (Wildman–Crippen MR) is 71.1 cm³/mol. The Morgan fingerprint density at radius 2 is 2.05 bits per heavy atom. The number of benzene rings is 1. The van der Waals surface area contributed by atoms with E-state index >= 15 is 0 Å². The number of fused-ring (bicyclic) bond motifs is 1. The Morgan fingerprint density at radius 1 is 1.38 bits per heavy atom. The number of rotatable bonds is 3. The first-order valence-corrected chi connectivity index (χ1v) is 6.25. The Balaban J connectivity index is 2.24. The summed E-state index contributed by atoms with van der Waals surface area (Å²) in [7, 11) is 0. The van der Waals surface area contributed by atoms with Gasteiger partial charge in [0.15, 0.2) is 6.10 Å². The number of para-hydroxylation sites is 1. The number of aliphatic hydroxyl groups is 1. The third-order valence-electron chi connectivity index (χ3n) is 2.76. The zero-order valence-electron chi connectivity index (χ0n) is 10.5. The first-order chi connectivity index (χ1) is 9.79. The molecule has 0 spiro atoms. The fraction of sp³-hybridized carbons (Fsp3) is 0.231. The Morgan fingerprint density at radius 3 is 2.71 bits per heavy atom. The van der Waals surface area contributed by atoms with Gasteiger partial charge < -0.3 is 10.4 Å². The number of carbonyl (C=O) groups is 1. The molecule has 1 heterocycles. The second kappa shape index (κ2) is 5.87. The van der Waals surface area contributed by atoms with Crippen molar-refractivity contribution in [2.24, 2.45) is 0 Å². The molecule has 0 fully saturated rings. The summed E-state index contributed by atoms with van der Waals surface area (Å²) in [5.74, 6) is -0.765. The molecule has 1 amide bonds. The lowest BCUT2D eigenvalue weighted by Crippen LogP contribution is -2.40. The first-order valence-electron chi connectivity index (χ1n) is 5.87. The van der Waals surface area contributed by atoms with Crippen molar-refractivity contribution in [3.63, 3.8) is 0 Å². The molecule has 112 valence electrons. The number of amides is 1. The molecule has 0 bridgehead atoms. The minimum atomic E-state index is -4.79. The van der Waals surface area contributed by atoms with E-state index in [1.807, 2.05) is 5.32 Å². The van der Waals surface area contributed by atoms with Crippen LogP contribution >= 0.6 is 11.6 Å². The highest BCUT2D eigenvalue weighted by molar-refractivity contribution is 6.30. The van der Waals surface area contributed by atoms with Crippen LogP contribution < -0.4 is 5.32 Å². The van der Waals surface area contributed by atoms with Crippen LogP contribution in [0.5, 0.6) is 0 Å². The van der Waals surface area contributed by atoms with Crippen molar-refractivity contribution in [3.05, 3.63) is 41.0 Å². The highest BCUT2D eigenvalue weighted by atomic mass is 35.5. The van der Waals surface area contributed by atoms with E-state index in [0.717, 1.165) is 0 Å². The minimum absolute atomic E-state index is 0.0511. The van der Waals surface area contributed by atoms with Gasteiger partial charge in [0, 0.05) is 5.39 Å². The molecular weight excluding hydrogens is 309 g/mol. The smallest absolute Gasteiger partial charge is 0.382 e. The van der Waals surface area contributed by atoms with E-state index in [9.17, 15) is 18.0 Å². The summed E-state index contributed by atoms with van der Waals surface area (Å²) >= 11 is 5.78. The molecule has 1 unspecified atom stereocenters. The molecule has 0 aliphatic rings. The molecule has 0 aliphatic heterocycles. The van der Waals surface area contributed by atoms with Gasteiger partial charge in [0.05, 0.1) is 17.6 Å². The molecule has 0 radical (unpaired) electrons. The zero-order valence-corrected chi connectivity index (χ0v) is 11.2. The number of aromatic nitrogens is 1. The second-order valence-electron chi connectivity index (χ2n) is 4.28. The number of hydrogen-bond acceptors (Lipinski definition) is 3. The minimum Gasteiger partial charge on any atom is -0.382 e. The van der Waals surface area contributed by atoms with Crippen LogP contribution in [0.1, 0.15) is 10.4 Å². The number of nitrogens with one attached hydrogen (secondary N) is 1. The average Bonchev–Trinajstić information content (AvgIpc) is 2.42. The van der Waals surface area contributed by atoms with Gasteiger partial charge in [0.2, 0.25) is 0 Å². The van der Waals surface area contributed by atoms with E-state index < -0.39 is 24.7 Å². The standard InChI is InChI=1S/C13H10ClF3N2O2/c14-11-5-8(7-3-1-2-4-9(7)19-11)12(21)18-6-10(20)13(15,16)17/h1-5,10,20H,6H2,(H,18,21). The van der Waals surface area contributed by atoms with E-state index in [0.29, 0.717) is 10.9 Å². The molecule has 21 heavy (non-hydrogen) atoms. The van der Waals surface area contributed by atoms with Crippen LogP contribution in [0.25, 0.3) is 10.9 Å². The summed E-state index contributed by atoms with van der Waals surface area (Å²) in [4.78, 5) is 16.0. The number of pyridine rings is 1. The average molecular weight is 319 g/mol. The third kappa shape index (κ3) is 3.62. The van der Waals surface area contributed by atoms with Crippen molar-refractivity contribution < 1.29 is 23.1 Å². The maximum Gasteiger partial charge on any atom is 0.416 e. The van der Waals surface area contributed by atoms with Crippen molar-refractivity contribution in [2.75, 3.05) is 6.54 Å². The molecule has 8 heteroatoms. The van der Waals surface area contributed by atoms with Gasteiger partial charge in [0.25, 0.3) is 5.91 Å². The lowest BCUT2D eigenvalue weighted by molar-refractivity contribution is -0.201. The van der Waals surface area contributed by atoms with Crippen LogP contribution in [-0.4, -0.2) is 34.8 Å². The van der Waals surface area contributed by atoms with Crippen molar-refractivity contribution >= 4 is 28.4 Å². The predicted octanol–water partition coefficient (Wildman–Crippen LogP) is 2.54. The van der Waals surface area contributed by atoms with Crippen molar-refractivity contribution in [1.29, 1.82) is 0 Å². The molecule has 1 aromatic carbocycles. The fourth-order valence-electron chi connectivity index (χ4n) is 1.73. The number of hydrogen-bond donors (Lipinski definition) is 2. The van der Waals surface area contributed by atoms with Crippen molar-refractivity contribution in [1.82, 2.24) is 10.3 Å². The van der Waals surface area contributed by atoms with Crippen molar-refractivity contribution in [3.8, 4) is 0 Å². The third-order valence-corrected chi connectivity index (χ3v) is 2.96. The molecule has 1 atom stereocenters. The summed E-state index contributed by atoms with van der Waals surface area (Å²) < 4.78 is 36.6. The topological polar surface area (TPSA) is 62.2 Å². The molecule has 0 aliphatic carbocycles. The number of aliphatic hydroxyl groups excluding tert-OH is 1. The lowest BCUT2D eigenvalue weighted by atomic mass is 10.1. The molecule has 4 nitrogen and oxygen atoms in total. The van der Waals surface area contributed by atoms with E-state index in [2.05, 4.69) is 4.98 Å². The van der Waals surface area contributed by atoms with Crippen LogP contribution in [-0.2, 0) is 0 Å². The van der Waals surface area contributed by atoms with Gasteiger partial charge in [-0.1, -0.05) is 29.8 Å². The summed E-state index contributed by atoms with van der Waals surface area (Å²) in [5, 5.41) is 11.4. The Bertz CT molecular complexity index is 676. The highest BCUT2D eigenvalue weighted by Crippen LogP contribution is 2.22. The van der Waals surface area contributed by atoms with Gasteiger partial charge in [-0.2, -0.15) is 13.2 Å². The maximum atomic E-state index is 12.2. The monoisotopic (exact) mass is 318 g/mol. The van der Waals surface area contributed by atoms with Crippen LogP contribution in [0.15, 0.2) is 30.3 Å². The normalized spacial score (nSPS) is 13.2. The van der Waals surface area contributed by atoms with Gasteiger partial charge in [-0.25, -0.2) is 4.98 Å². The number of alkyl halides is 3. The van der Waals surface area contributed by atoms with Crippen LogP contribution in [0.4, 0.5) is 13.2 Å². The fourth-order valence-corrected chi connectivity index (χ4v) is 1.93. The van der Waals surface area contributed by atoms with Crippen LogP contribution in [0, 0.1) is 0 Å². The largest absolute Gasteiger partial charge is 0.416 e. The lowest BCUT2D eigenvalue weighted by Gasteiger charge is -2.15. The molecule has 2 rings (SSSR count). The highest BCUT2D eigenvalue weighted by Gasteiger charge is 2.38. The SMILES string of the molecule is O=C(NCC(O)C(F)(F)F)c1cc(Cl)nc2ccccc12. The molecule has 2 N–H and O–H groups in total. The van der Waals surface area contributed by atoms with E-state index in [-0.39, 0.29) is 10.7 Å². The van der Waals surface area contributed by atoms with Crippen LogP contribution in [0.3, 0.4) is 0 Å². The molecule has 0 saturated heterocycles. The molecule has 1 aromatic heterocycles. The van der Waals surface area contributed by atoms with Gasteiger partial charge in [0.1, 0.15) is 5.15 Å². The molecular formula is C13H10ClF3N2O2. The second-order valence-corrected chi connectivity index (χ2v) is 4.66. The summed E-state index contributed by atoms with van der Waals surface area (Å²) in [5.41, 5.74) is 0.548. The zero-order chi connectivity index (χ0) is 15.6. The maximum absolute atomic E-state index is 12.2. The van der Waals surface area contributed by atoms with Gasteiger partial charge >= 0.3 is 6.18 Å². The van der Waals surface area contributed by atoms with E-state index in [4.69, 9.17) is 16.7 Å². The van der Waals surface area contributed by atoms with E-state index in [1.165, 1.54) is 6.07 Å². The van der Waals surface area contributed by atoms with Gasteiger partial charge in [-0.3, -0.25) is 4.79 Å².